The summed E-state index contributed by atoms with van der Waals surface area (Å²) in [7, 11) is 0. The number of hydrogen-bond acceptors (Lipinski definition) is 4. The second kappa shape index (κ2) is 10.1. The van der Waals surface area contributed by atoms with E-state index < -0.39 is 0 Å². The molecule has 0 saturated carbocycles. The lowest BCUT2D eigenvalue weighted by Crippen LogP contribution is -2.44. The molecule has 1 saturated heterocycles. The van der Waals surface area contributed by atoms with E-state index in [2.05, 4.69) is 26.1 Å². The molecule has 0 aliphatic carbocycles. The van der Waals surface area contributed by atoms with Crippen LogP contribution in [-0.4, -0.2) is 50.3 Å². The average molecular weight is 454 g/mol. The molecule has 0 aromatic heterocycles. The van der Waals surface area contributed by atoms with E-state index in [1.54, 1.807) is 12.1 Å². The zero-order valence-electron chi connectivity index (χ0n) is 14.9. The van der Waals surface area contributed by atoms with Gasteiger partial charge in [-0.15, -0.1) is 0 Å². The number of carbonyl (C=O) groups is 1. The second-order valence-electron chi connectivity index (χ2n) is 6.31. The van der Waals surface area contributed by atoms with Crippen molar-refractivity contribution in [1.82, 2.24) is 10.2 Å². The third-order valence-electron chi connectivity index (χ3n) is 4.33. The minimum atomic E-state index is -0.184. The van der Waals surface area contributed by atoms with Crippen LogP contribution in [0, 0.1) is 0 Å². The Bertz CT molecular complexity index is 754. The molecule has 2 aromatic rings. The van der Waals surface area contributed by atoms with Crippen molar-refractivity contribution in [3.8, 4) is 5.75 Å². The van der Waals surface area contributed by atoms with Crippen LogP contribution in [0.4, 0.5) is 0 Å². The summed E-state index contributed by atoms with van der Waals surface area (Å²) in [4.78, 5) is 14.8. The quantitative estimate of drug-likeness (QED) is 0.695. The van der Waals surface area contributed by atoms with Crippen LogP contribution < -0.4 is 10.1 Å². The van der Waals surface area contributed by atoms with Crippen molar-refractivity contribution in [1.29, 1.82) is 0 Å². The third-order valence-corrected chi connectivity index (χ3v) is 5.12. The SMILES string of the molecule is O=C(COc1ccc(Br)cc1Cl)N[C@H](CN1CCOCC1)c1ccccc1. The van der Waals surface area contributed by atoms with Crippen molar-refractivity contribution >= 4 is 33.4 Å². The van der Waals surface area contributed by atoms with E-state index in [4.69, 9.17) is 21.1 Å². The molecule has 0 spiro atoms. The first kappa shape index (κ1) is 20.1. The summed E-state index contributed by atoms with van der Waals surface area (Å²) in [6, 6.07) is 15.2. The van der Waals surface area contributed by atoms with E-state index in [9.17, 15) is 4.79 Å². The lowest BCUT2D eigenvalue weighted by atomic mass is 10.1. The number of halogens is 2. The normalized spacial score (nSPS) is 15.9. The minimum absolute atomic E-state index is 0.0895. The van der Waals surface area contributed by atoms with Gasteiger partial charge >= 0.3 is 0 Å². The highest BCUT2D eigenvalue weighted by atomic mass is 79.9. The molecule has 27 heavy (non-hydrogen) atoms. The number of ether oxygens (including phenoxy) is 2. The third kappa shape index (κ3) is 6.21. The first-order valence-electron chi connectivity index (χ1n) is 8.84. The zero-order valence-corrected chi connectivity index (χ0v) is 17.2. The lowest BCUT2D eigenvalue weighted by molar-refractivity contribution is -0.124. The first-order valence-corrected chi connectivity index (χ1v) is 10.0. The highest BCUT2D eigenvalue weighted by Crippen LogP contribution is 2.27. The molecule has 1 N–H and O–H groups in total. The van der Waals surface area contributed by atoms with E-state index >= 15 is 0 Å². The average Bonchev–Trinajstić information content (AvgIpc) is 2.68. The molecule has 3 rings (SSSR count). The van der Waals surface area contributed by atoms with Gasteiger partial charge in [0, 0.05) is 24.1 Å². The van der Waals surface area contributed by atoms with E-state index in [0.29, 0.717) is 10.8 Å². The van der Waals surface area contributed by atoms with Gasteiger partial charge in [0.25, 0.3) is 5.91 Å². The van der Waals surface area contributed by atoms with Crippen LogP contribution in [-0.2, 0) is 9.53 Å². The fourth-order valence-electron chi connectivity index (χ4n) is 2.93. The molecule has 1 aliphatic heterocycles. The number of nitrogens with zero attached hydrogens (tertiary/aromatic N) is 1. The fourth-order valence-corrected chi connectivity index (χ4v) is 3.66. The number of rotatable bonds is 7. The topological polar surface area (TPSA) is 50.8 Å². The summed E-state index contributed by atoms with van der Waals surface area (Å²) in [6.07, 6.45) is 0. The Morgan fingerprint density at radius 1 is 1.22 bits per heavy atom. The molecular weight excluding hydrogens is 432 g/mol. The van der Waals surface area contributed by atoms with Crippen molar-refractivity contribution in [2.75, 3.05) is 39.5 Å². The lowest BCUT2D eigenvalue weighted by Gasteiger charge is -2.31. The number of morpholine rings is 1. The smallest absolute Gasteiger partial charge is 0.258 e. The van der Waals surface area contributed by atoms with Crippen molar-refractivity contribution in [3.63, 3.8) is 0 Å². The highest BCUT2D eigenvalue weighted by molar-refractivity contribution is 9.10. The number of benzene rings is 2. The molecule has 5 nitrogen and oxygen atoms in total. The van der Waals surface area contributed by atoms with E-state index in [0.717, 1.165) is 42.9 Å². The van der Waals surface area contributed by atoms with Crippen LogP contribution in [0.5, 0.6) is 5.75 Å². The van der Waals surface area contributed by atoms with Crippen LogP contribution in [0.3, 0.4) is 0 Å². The standard InChI is InChI=1S/C20H22BrClN2O3/c21-16-6-7-19(17(22)12-16)27-14-20(25)23-18(15-4-2-1-3-5-15)13-24-8-10-26-11-9-24/h1-7,12,18H,8-11,13-14H2,(H,23,25)/t18-/m1/s1. The van der Waals surface area contributed by atoms with E-state index in [1.165, 1.54) is 0 Å². The molecule has 144 valence electrons. The van der Waals surface area contributed by atoms with Gasteiger partial charge in [0.2, 0.25) is 0 Å². The number of hydrogen-bond donors (Lipinski definition) is 1. The Hall–Kier alpha value is -1.60. The molecule has 1 atom stereocenters. The fraction of sp³-hybridized carbons (Fsp3) is 0.350. The maximum absolute atomic E-state index is 12.5. The highest BCUT2D eigenvalue weighted by Gasteiger charge is 2.20. The Kier molecular flexibility index (Phi) is 7.52. The number of nitrogens with one attached hydrogen (secondary N) is 1. The summed E-state index contributed by atoms with van der Waals surface area (Å²) < 4.78 is 11.9. The van der Waals surface area contributed by atoms with Gasteiger partial charge in [-0.25, -0.2) is 0 Å². The van der Waals surface area contributed by atoms with Crippen molar-refractivity contribution < 1.29 is 14.3 Å². The van der Waals surface area contributed by atoms with Crippen LogP contribution in [0.15, 0.2) is 53.0 Å². The summed E-state index contributed by atoms with van der Waals surface area (Å²) in [5.74, 6) is 0.301. The Morgan fingerprint density at radius 2 is 1.96 bits per heavy atom. The molecule has 1 fully saturated rings. The maximum Gasteiger partial charge on any atom is 0.258 e. The van der Waals surface area contributed by atoms with Crippen LogP contribution in [0.1, 0.15) is 11.6 Å². The zero-order chi connectivity index (χ0) is 19.1. The molecule has 0 unspecified atom stereocenters. The monoisotopic (exact) mass is 452 g/mol. The maximum atomic E-state index is 12.5. The second-order valence-corrected chi connectivity index (χ2v) is 7.63. The molecule has 1 heterocycles. The first-order chi connectivity index (χ1) is 13.1. The number of carbonyl (C=O) groups excluding carboxylic acids is 1. The van der Waals surface area contributed by atoms with E-state index in [-0.39, 0.29) is 18.6 Å². The molecule has 0 bridgehead atoms. The molecule has 1 aliphatic rings. The Morgan fingerprint density at radius 3 is 2.67 bits per heavy atom. The van der Waals surface area contributed by atoms with E-state index in [1.807, 2.05) is 36.4 Å². The van der Waals surface area contributed by atoms with Crippen LogP contribution in [0.25, 0.3) is 0 Å². The summed E-state index contributed by atoms with van der Waals surface area (Å²) >= 11 is 9.49. The van der Waals surface area contributed by atoms with Gasteiger partial charge in [-0.3, -0.25) is 9.69 Å². The van der Waals surface area contributed by atoms with Gasteiger partial charge in [-0.05, 0) is 23.8 Å². The predicted octanol–water partition coefficient (Wildman–Crippen LogP) is 3.67. The van der Waals surface area contributed by atoms with Gasteiger partial charge in [-0.2, -0.15) is 0 Å². The molecular formula is C20H22BrClN2O3. The van der Waals surface area contributed by atoms with Gasteiger partial charge in [0.05, 0.1) is 24.3 Å². The van der Waals surface area contributed by atoms with Crippen molar-refractivity contribution in [2.45, 2.75) is 6.04 Å². The summed E-state index contributed by atoms with van der Waals surface area (Å²) in [5, 5.41) is 3.55. The van der Waals surface area contributed by atoms with Gasteiger partial charge in [0.15, 0.2) is 6.61 Å². The largest absolute Gasteiger partial charge is 0.482 e. The Balaban J connectivity index is 1.61. The minimum Gasteiger partial charge on any atom is -0.482 e. The van der Waals surface area contributed by atoms with Crippen molar-refractivity contribution in [2.24, 2.45) is 0 Å². The molecule has 0 radical (unpaired) electrons. The van der Waals surface area contributed by atoms with Gasteiger partial charge in [0.1, 0.15) is 5.75 Å². The molecule has 7 heteroatoms. The van der Waals surface area contributed by atoms with Gasteiger partial charge in [-0.1, -0.05) is 57.9 Å². The number of amides is 1. The van der Waals surface area contributed by atoms with Gasteiger partial charge < -0.3 is 14.8 Å². The Labute approximate surface area is 172 Å². The van der Waals surface area contributed by atoms with Crippen LogP contribution in [0.2, 0.25) is 5.02 Å². The predicted molar refractivity (Wildman–Crippen MR) is 109 cm³/mol. The van der Waals surface area contributed by atoms with Crippen molar-refractivity contribution in [3.05, 3.63) is 63.6 Å². The summed E-state index contributed by atoms with van der Waals surface area (Å²) in [6.45, 7) is 3.82. The molecule has 2 aromatic carbocycles. The van der Waals surface area contributed by atoms with Crippen LogP contribution >= 0.6 is 27.5 Å². The summed E-state index contributed by atoms with van der Waals surface area (Å²) in [5.41, 5.74) is 1.07. The molecule has 1 amide bonds.